The zero-order valence-corrected chi connectivity index (χ0v) is 11.5. The van der Waals surface area contributed by atoms with Crippen LogP contribution in [0.25, 0.3) is 0 Å². The fraction of sp³-hybridized carbons (Fsp3) is 1.00. The molecule has 15 heavy (non-hydrogen) atoms. The van der Waals surface area contributed by atoms with Gasteiger partial charge in [-0.25, -0.2) is 0 Å². The number of fused-ring (bicyclic) bond motifs is 2. The van der Waals surface area contributed by atoms with E-state index in [1.165, 1.54) is 32.1 Å². The van der Waals surface area contributed by atoms with Crippen molar-refractivity contribution in [3.05, 3.63) is 0 Å². The summed E-state index contributed by atoms with van der Waals surface area (Å²) in [6.07, 6.45) is 7.18. The highest BCUT2D eigenvalue weighted by Gasteiger charge is 2.53. The lowest BCUT2D eigenvalue weighted by Gasteiger charge is -2.60. The van der Waals surface area contributed by atoms with Crippen molar-refractivity contribution in [2.45, 2.75) is 73.6 Å². The third kappa shape index (κ3) is 2.24. The molecule has 0 heterocycles. The predicted molar refractivity (Wildman–Crippen MR) is 66.9 cm³/mol. The summed E-state index contributed by atoms with van der Waals surface area (Å²) in [5.74, 6) is 0. The molecular formula is C15H28. The van der Waals surface area contributed by atoms with Crippen LogP contribution in [0.5, 0.6) is 0 Å². The number of hydrogen-bond donors (Lipinski definition) is 0. The van der Waals surface area contributed by atoms with E-state index in [1.54, 1.807) is 0 Å². The zero-order valence-electron chi connectivity index (χ0n) is 11.5. The van der Waals surface area contributed by atoms with E-state index in [2.05, 4.69) is 41.5 Å². The molecule has 0 atom stereocenters. The Labute approximate surface area is 95.8 Å². The molecule has 0 saturated heterocycles. The molecule has 0 radical (unpaired) electrons. The maximum atomic E-state index is 2.53. The highest BCUT2D eigenvalue weighted by molar-refractivity contribution is 5.04. The van der Waals surface area contributed by atoms with Gasteiger partial charge in [0.15, 0.2) is 0 Å². The summed E-state index contributed by atoms with van der Waals surface area (Å²) in [5, 5.41) is 0. The lowest BCUT2D eigenvalue weighted by molar-refractivity contribution is -0.0916. The lowest BCUT2D eigenvalue weighted by Crippen LogP contribution is -2.49. The highest BCUT2D eigenvalue weighted by atomic mass is 14.6. The summed E-state index contributed by atoms with van der Waals surface area (Å²) < 4.78 is 0. The van der Waals surface area contributed by atoms with E-state index >= 15 is 0 Å². The summed E-state index contributed by atoms with van der Waals surface area (Å²) in [7, 11) is 0. The first-order chi connectivity index (χ1) is 6.54. The van der Waals surface area contributed by atoms with E-state index in [9.17, 15) is 0 Å². The van der Waals surface area contributed by atoms with Crippen molar-refractivity contribution in [1.29, 1.82) is 0 Å². The van der Waals surface area contributed by atoms with Crippen LogP contribution in [0.4, 0.5) is 0 Å². The molecule has 2 rings (SSSR count). The van der Waals surface area contributed by atoms with Gasteiger partial charge in [0.05, 0.1) is 0 Å². The van der Waals surface area contributed by atoms with Gasteiger partial charge >= 0.3 is 0 Å². The summed E-state index contributed by atoms with van der Waals surface area (Å²) in [5.41, 5.74) is 2.35. The van der Waals surface area contributed by atoms with Crippen LogP contribution in [-0.4, -0.2) is 0 Å². The maximum absolute atomic E-state index is 2.53. The summed E-state index contributed by atoms with van der Waals surface area (Å²) in [4.78, 5) is 0. The lowest BCUT2D eigenvalue weighted by atomic mass is 9.45. The fourth-order valence-corrected chi connectivity index (χ4v) is 6.15. The Morgan fingerprint density at radius 2 is 0.733 bits per heavy atom. The van der Waals surface area contributed by atoms with Crippen LogP contribution < -0.4 is 0 Å². The van der Waals surface area contributed by atoms with Gasteiger partial charge in [0, 0.05) is 0 Å². The molecule has 0 N–H and O–H groups in total. The van der Waals surface area contributed by atoms with Crippen LogP contribution in [0.3, 0.4) is 0 Å². The van der Waals surface area contributed by atoms with Gasteiger partial charge in [-0.2, -0.15) is 0 Å². The second-order valence-corrected chi connectivity index (χ2v) is 8.83. The molecule has 2 saturated carbocycles. The average Bonchev–Trinajstić information content (AvgIpc) is 1.67. The van der Waals surface area contributed by atoms with Crippen LogP contribution in [0.15, 0.2) is 0 Å². The van der Waals surface area contributed by atoms with Crippen LogP contribution in [0.1, 0.15) is 73.6 Å². The minimum absolute atomic E-state index is 0.568. The Hall–Kier alpha value is 0. The molecule has 0 heteroatoms. The van der Waals surface area contributed by atoms with Crippen molar-refractivity contribution in [2.24, 2.45) is 21.7 Å². The van der Waals surface area contributed by atoms with Gasteiger partial charge in [0.2, 0.25) is 0 Å². The van der Waals surface area contributed by atoms with Crippen molar-refractivity contribution in [1.82, 2.24) is 0 Å². The Balaban J connectivity index is 2.33. The molecule has 0 aromatic carbocycles. The quantitative estimate of drug-likeness (QED) is 0.524. The highest BCUT2D eigenvalue weighted by Crippen LogP contribution is 2.64. The van der Waals surface area contributed by atoms with Crippen molar-refractivity contribution in [3.8, 4) is 0 Å². The Bertz CT molecular complexity index is 215. The molecule has 2 bridgehead atoms. The number of hydrogen-bond acceptors (Lipinski definition) is 0. The molecule has 0 aliphatic heterocycles. The van der Waals surface area contributed by atoms with Gasteiger partial charge in [0.25, 0.3) is 0 Å². The van der Waals surface area contributed by atoms with Crippen LogP contribution in [-0.2, 0) is 0 Å². The summed E-state index contributed by atoms with van der Waals surface area (Å²) in [6.45, 7) is 15.0. The molecule has 2 fully saturated rings. The van der Waals surface area contributed by atoms with Crippen molar-refractivity contribution in [2.75, 3.05) is 0 Å². The van der Waals surface area contributed by atoms with Crippen LogP contribution >= 0.6 is 0 Å². The van der Waals surface area contributed by atoms with Gasteiger partial charge in [0.1, 0.15) is 0 Å². The molecular weight excluding hydrogens is 180 g/mol. The van der Waals surface area contributed by atoms with Gasteiger partial charge in [-0.05, 0) is 53.8 Å². The number of rotatable bonds is 0. The van der Waals surface area contributed by atoms with Gasteiger partial charge in [-0.3, -0.25) is 0 Å². The molecule has 0 nitrogen and oxygen atoms in total. The second kappa shape index (κ2) is 2.81. The van der Waals surface area contributed by atoms with Crippen molar-refractivity contribution < 1.29 is 0 Å². The Kier molecular flexibility index (Phi) is 2.15. The summed E-state index contributed by atoms with van der Waals surface area (Å²) in [6, 6.07) is 0. The molecule has 0 aromatic rings. The Morgan fingerprint density at radius 1 is 0.467 bits per heavy atom. The minimum Gasteiger partial charge on any atom is -0.0599 e. The van der Waals surface area contributed by atoms with E-state index in [0.717, 1.165) is 0 Å². The van der Waals surface area contributed by atoms with Crippen LogP contribution in [0.2, 0.25) is 0 Å². The topological polar surface area (TPSA) is 0 Å². The average molecular weight is 208 g/mol. The van der Waals surface area contributed by atoms with Crippen molar-refractivity contribution >= 4 is 0 Å². The molecule has 2 aliphatic carbocycles. The third-order valence-electron chi connectivity index (χ3n) is 4.47. The van der Waals surface area contributed by atoms with E-state index < -0.39 is 0 Å². The molecule has 0 aromatic heterocycles. The van der Waals surface area contributed by atoms with Crippen molar-refractivity contribution in [3.63, 3.8) is 0 Å². The molecule has 0 spiro atoms. The fourth-order valence-electron chi connectivity index (χ4n) is 6.15. The van der Waals surface area contributed by atoms with E-state index in [1.807, 2.05) is 0 Å². The maximum Gasteiger partial charge on any atom is -0.0311 e. The first-order valence-corrected chi connectivity index (χ1v) is 6.54. The largest absolute Gasteiger partial charge is 0.0599 e. The first kappa shape index (κ1) is 11.5. The van der Waals surface area contributed by atoms with Crippen LogP contribution in [0, 0.1) is 21.7 Å². The van der Waals surface area contributed by atoms with E-state index in [-0.39, 0.29) is 0 Å². The zero-order chi connectivity index (χ0) is 11.5. The predicted octanol–water partition coefficient (Wildman–Crippen LogP) is 5.03. The summed E-state index contributed by atoms with van der Waals surface area (Å²) >= 11 is 0. The molecule has 2 aliphatic rings. The molecule has 88 valence electrons. The monoisotopic (exact) mass is 208 g/mol. The van der Waals surface area contributed by atoms with Gasteiger partial charge < -0.3 is 0 Å². The Morgan fingerprint density at radius 3 is 1.00 bits per heavy atom. The van der Waals surface area contributed by atoms with Gasteiger partial charge in [-0.1, -0.05) is 41.5 Å². The molecule has 0 amide bonds. The smallest absolute Gasteiger partial charge is 0.0311 e. The third-order valence-corrected chi connectivity index (χ3v) is 4.47. The van der Waals surface area contributed by atoms with E-state index in [0.29, 0.717) is 21.7 Å². The van der Waals surface area contributed by atoms with Gasteiger partial charge in [-0.15, -0.1) is 0 Å². The first-order valence-electron chi connectivity index (χ1n) is 6.54. The second-order valence-electron chi connectivity index (χ2n) is 8.83. The molecule has 0 unspecified atom stereocenters. The minimum atomic E-state index is 0.568. The normalized spacial score (nSPS) is 47.6. The van der Waals surface area contributed by atoms with E-state index in [4.69, 9.17) is 0 Å². The standard InChI is InChI=1S/C15H28/c1-12(2)7-14(5)9-13(3,4)10-15(6,8-12)11-14/h7-11H2,1-6H3. The SMILES string of the molecule is CC1(C)CC2(C)CC(C)(C)CC(C)(C1)C2.